The number of carbonyl (C=O) groups excluding carboxylic acids is 2. The second-order valence-corrected chi connectivity index (χ2v) is 9.06. The third kappa shape index (κ3) is 3.81. The topological polar surface area (TPSA) is 62.3 Å². The molecule has 2 amide bonds. The van der Waals surface area contributed by atoms with Crippen LogP contribution in [0.1, 0.15) is 12.5 Å². The molecule has 1 aliphatic heterocycles. The summed E-state index contributed by atoms with van der Waals surface area (Å²) in [6.07, 6.45) is 0. The zero-order valence-electron chi connectivity index (χ0n) is 15.5. The zero-order chi connectivity index (χ0) is 19.7. The Hall–Kier alpha value is -2.64. The summed E-state index contributed by atoms with van der Waals surface area (Å²) in [6.45, 7) is 3.95. The summed E-state index contributed by atoms with van der Waals surface area (Å²) in [4.78, 5) is 31.2. The number of benzene rings is 2. The molecule has 1 aromatic heterocycles. The van der Waals surface area contributed by atoms with E-state index in [0.29, 0.717) is 5.69 Å². The molecule has 0 bridgehead atoms. The Balaban J connectivity index is 1.50. The monoisotopic (exact) mass is 409 g/mol. The van der Waals surface area contributed by atoms with E-state index in [1.54, 1.807) is 11.0 Å². The zero-order valence-corrected chi connectivity index (χ0v) is 17.1. The van der Waals surface area contributed by atoms with Crippen LogP contribution >= 0.6 is 23.1 Å². The Morgan fingerprint density at radius 3 is 2.75 bits per heavy atom. The molecule has 2 aromatic carbocycles. The number of para-hydroxylation sites is 2. The van der Waals surface area contributed by atoms with Gasteiger partial charge in [-0.3, -0.25) is 14.5 Å². The molecule has 0 spiro atoms. The lowest BCUT2D eigenvalue weighted by Crippen LogP contribution is -2.45. The van der Waals surface area contributed by atoms with Crippen LogP contribution in [0.2, 0.25) is 0 Å². The number of nitrogens with one attached hydrogen (secondary N) is 1. The minimum atomic E-state index is -0.351. The molecule has 0 unspecified atom stereocenters. The van der Waals surface area contributed by atoms with Gasteiger partial charge in [-0.2, -0.15) is 0 Å². The number of aromatic nitrogens is 1. The third-order valence-electron chi connectivity index (χ3n) is 4.49. The average molecular weight is 410 g/mol. The van der Waals surface area contributed by atoms with E-state index in [1.165, 1.54) is 28.7 Å². The number of thioether (sulfide) groups is 1. The molecule has 3 aromatic rings. The Labute approximate surface area is 171 Å². The molecule has 0 saturated heterocycles. The predicted molar refractivity (Wildman–Crippen MR) is 115 cm³/mol. The van der Waals surface area contributed by atoms with E-state index in [-0.39, 0.29) is 23.6 Å². The Morgan fingerprint density at radius 1 is 1.21 bits per heavy atom. The predicted octanol–water partition coefficient (Wildman–Crippen LogP) is 4.58. The largest absolute Gasteiger partial charge is 0.323 e. The lowest BCUT2D eigenvalue weighted by atomic mass is 10.1. The fraction of sp³-hybridized carbons (Fsp3) is 0.190. The Morgan fingerprint density at radius 2 is 1.96 bits per heavy atom. The summed E-state index contributed by atoms with van der Waals surface area (Å²) in [5.41, 5.74) is 4.59. The number of fused-ring (bicyclic) bond motifs is 1. The van der Waals surface area contributed by atoms with Gasteiger partial charge >= 0.3 is 0 Å². The van der Waals surface area contributed by atoms with E-state index in [4.69, 9.17) is 0 Å². The smallest absolute Gasteiger partial charge is 0.244 e. The first-order valence-electron chi connectivity index (χ1n) is 8.91. The maximum atomic E-state index is 13.0. The number of anilines is 2. The lowest BCUT2D eigenvalue weighted by Gasteiger charge is -2.30. The minimum absolute atomic E-state index is 0.0350. The van der Waals surface area contributed by atoms with Crippen molar-refractivity contribution in [1.82, 2.24) is 4.98 Å². The van der Waals surface area contributed by atoms with E-state index in [9.17, 15) is 9.59 Å². The first-order chi connectivity index (χ1) is 13.5. The van der Waals surface area contributed by atoms with Gasteiger partial charge < -0.3 is 5.32 Å². The standard InChI is InChI=1S/C21H19N3O2S2/c1-13-7-9-15(10-8-13)17-12-27-21(23-17)28-14(2)20(26)24-11-19(25)22-16-5-3-4-6-18(16)24/h3-10,12,14H,11H2,1-2H3,(H,22,25)/t14-/m1/s1. The van der Waals surface area contributed by atoms with Gasteiger partial charge in [0.15, 0.2) is 4.34 Å². The van der Waals surface area contributed by atoms with Gasteiger partial charge in [0.1, 0.15) is 6.54 Å². The maximum absolute atomic E-state index is 13.0. The number of carbonyl (C=O) groups is 2. The molecule has 1 aliphatic rings. The van der Waals surface area contributed by atoms with Crippen LogP contribution < -0.4 is 10.2 Å². The van der Waals surface area contributed by atoms with Crippen LogP contribution in [0.4, 0.5) is 11.4 Å². The Bertz CT molecular complexity index is 1030. The number of aryl methyl sites for hydroxylation is 1. The van der Waals surface area contributed by atoms with Gasteiger partial charge in [0, 0.05) is 10.9 Å². The van der Waals surface area contributed by atoms with Crippen LogP contribution in [0.15, 0.2) is 58.3 Å². The number of hydrogen-bond donors (Lipinski definition) is 1. The van der Waals surface area contributed by atoms with Gasteiger partial charge in [0.2, 0.25) is 11.8 Å². The second kappa shape index (κ2) is 7.77. The molecule has 1 atom stereocenters. The van der Waals surface area contributed by atoms with Crippen LogP contribution in [0.3, 0.4) is 0 Å². The van der Waals surface area contributed by atoms with Crippen molar-refractivity contribution in [3.63, 3.8) is 0 Å². The van der Waals surface area contributed by atoms with Gasteiger partial charge in [0.05, 0.1) is 22.3 Å². The van der Waals surface area contributed by atoms with Crippen LogP contribution in [-0.2, 0) is 9.59 Å². The number of nitrogens with zero attached hydrogens (tertiary/aromatic N) is 2. The van der Waals surface area contributed by atoms with Gasteiger partial charge in [-0.25, -0.2) is 4.98 Å². The van der Waals surface area contributed by atoms with Crippen molar-refractivity contribution in [3.05, 3.63) is 59.5 Å². The normalized spacial score (nSPS) is 14.4. The van der Waals surface area contributed by atoms with Gasteiger partial charge in [-0.05, 0) is 26.0 Å². The molecule has 2 heterocycles. The first-order valence-corrected chi connectivity index (χ1v) is 10.7. The fourth-order valence-electron chi connectivity index (χ4n) is 3.02. The number of rotatable bonds is 4. The van der Waals surface area contributed by atoms with Crippen LogP contribution in [0.5, 0.6) is 0 Å². The number of hydrogen-bond acceptors (Lipinski definition) is 5. The molecular formula is C21H19N3O2S2. The van der Waals surface area contributed by atoms with E-state index < -0.39 is 0 Å². The molecule has 0 saturated carbocycles. The van der Waals surface area contributed by atoms with E-state index >= 15 is 0 Å². The van der Waals surface area contributed by atoms with Crippen molar-refractivity contribution in [2.75, 3.05) is 16.8 Å². The highest BCUT2D eigenvalue weighted by Crippen LogP contribution is 2.34. The van der Waals surface area contributed by atoms with Crippen LogP contribution in [0.25, 0.3) is 11.3 Å². The van der Waals surface area contributed by atoms with Crippen LogP contribution in [0, 0.1) is 6.92 Å². The highest BCUT2D eigenvalue weighted by Gasteiger charge is 2.30. The third-order valence-corrected chi connectivity index (χ3v) is 6.55. The fourth-order valence-corrected chi connectivity index (χ4v) is 5.05. The van der Waals surface area contributed by atoms with Gasteiger partial charge in [-0.1, -0.05) is 53.7 Å². The summed E-state index contributed by atoms with van der Waals surface area (Å²) >= 11 is 2.95. The molecule has 0 radical (unpaired) electrons. The van der Waals surface area contributed by atoms with E-state index in [1.807, 2.05) is 30.5 Å². The molecule has 0 aliphatic carbocycles. The molecule has 7 heteroatoms. The van der Waals surface area contributed by atoms with Crippen molar-refractivity contribution in [1.29, 1.82) is 0 Å². The summed E-state index contributed by atoms with van der Waals surface area (Å²) < 4.78 is 0.839. The summed E-state index contributed by atoms with van der Waals surface area (Å²) in [5, 5.41) is 4.47. The molecule has 0 fully saturated rings. The SMILES string of the molecule is Cc1ccc(-c2csc(S[C@H](C)C(=O)N3CC(=O)Nc4ccccc43)n2)cc1. The summed E-state index contributed by atoms with van der Waals surface area (Å²) in [5.74, 6) is -0.278. The molecule has 4 rings (SSSR count). The average Bonchev–Trinajstić information content (AvgIpc) is 3.15. The molecular weight excluding hydrogens is 390 g/mol. The maximum Gasteiger partial charge on any atom is 0.244 e. The van der Waals surface area contributed by atoms with Crippen molar-refractivity contribution in [3.8, 4) is 11.3 Å². The minimum Gasteiger partial charge on any atom is -0.323 e. The van der Waals surface area contributed by atoms with Crippen molar-refractivity contribution < 1.29 is 9.59 Å². The van der Waals surface area contributed by atoms with Crippen LogP contribution in [-0.4, -0.2) is 28.6 Å². The quantitative estimate of drug-likeness (QED) is 0.641. The number of thiazole rings is 1. The summed E-state index contributed by atoms with van der Waals surface area (Å²) in [7, 11) is 0. The lowest BCUT2D eigenvalue weighted by molar-refractivity contribution is -0.121. The molecule has 142 valence electrons. The van der Waals surface area contributed by atoms with E-state index in [0.717, 1.165) is 21.3 Å². The molecule has 28 heavy (non-hydrogen) atoms. The molecule has 5 nitrogen and oxygen atoms in total. The van der Waals surface area contributed by atoms with Crippen molar-refractivity contribution in [2.45, 2.75) is 23.4 Å². The Kier molecular flexibility index (Phi) is 5.19. The first kappa shape index (κ1) is 18.7. The van der Waals surface area contributed by atoms with Gasteiger partial charge in [0.25, 0.3) is 0 Å². The highest BCUT2D eigenvalue weighted by atomic mass is 32.2. The molecule has 1 N–H and O–H groups in total. The van der Waals surface area contributed by atoms with Crippen molar-refractivity contribution >= 4 is 46.3 Å². The van der Waals surface area contributed by atoms with Gasteiger partial charge in [-0.15, -0.1) is 11.3 Å². The summed E-state index contributed by atoms with van der Waals surface area (Å²) in [6, 6.07) is 15.6. The highest BCUT2D eigenvalue weighted by molar-refractivity contribution is 8.02. The second-order valence-electron chi connectivity index (χ2n) is 6.61. The van der Waals surface area contributed by atoms with Crippen molar-refractivity contribution in [2.24, 2.45) is 0 Å². The number of amides is 2. The van der Waals surface area contributed by atoms with E-state index in [2.05, 4.69) is 41.5 Å².